The van der Waals surface area contributed by atoms with E-state index in [-0.39, 0.29) is 53.9 Å². The first-order chi connectivity index (χ1) is 7.15. The van der Waals surface area contributed by atoms with Gasteiger partial charge in [0.05, 0.1) is 6.10 Å². The fourth-order valence-corrected chi connectivity index (χ4v) is 2.66. The quantitative estimate of drug-likeness (QED) is 0.549. The molecule has 3 unspecified atom stereocenters. The Hall–Kier alpha value is 0.430. The second-order valence-corrected chi connectivity index (χ2v) is 4.66. The first-order valence-electron chi connectivity index (χ1n) is 6.05. The van der Waals surface area contributed by atoms with Gasteiger partial charge >= 0.3 is 5.97 Å². The van der Waals surface area contributed by atoms with Crippen LogP contribution in [0.5, 0.6) is 0 Å². The smallest absolute Gasteiger partial charge is 0.303 e. The fraction of sp³-hybridized carbons (Fsp3) is 0.917. The van der Waals surface area contributed by atoms with E-state index in [9.17, 15) is 9.90 Å². The molecule has 3 nitrogen and oxygen atoms in total. The number of rotatable bonds is 6. The number of aliphatic hydroxyl groups is 1. The number of unbranched alkanes of at least 4 members (excludes halogenated alkanes) is 2. The molecular formula is C12H22NaO3. The number of carboxylic acids is 1. The Morgan fingerprint density at radius 1 is 1.31 bits per heavy atom. The van der Waals surface area contributed by atoms with Gasteiger partial charge in [0.15, 0.2) is 0 Å². The van der Waals surface area contributed by atoms with Gasteiger partial charge in [0, 0.05) is 36.0 Å². The Labute approximate surface area is 120 Å². The van der Waals surface area contributed by atoms with Crippen LogP contribution in [0.3, 0.4) is 0 Å². The van der Waals surface area contributed by atoms with Crippen molar-refractivity contribution in [3.8, 4) is 0 Å². The predicted molar refractivity (Wildman–Crippen MR) is 64.4 cm³/mol. The summed E-state index contributed by atoms with van der Waals surface area (Å²) in [5, 5.41) is 18.5. The van der Waals surface area contributed by atoms with E-state index in [2.05, 4.69) is 6.92 Å². The standard InChI is InChI=1S/C12H22O3.Na/c1-2-3-4-5-10-9(8-12(14)15)6-7-11(10)13;/h9-11,13H,2-8H2,1H3,(H,14,15);. The Morgan fingerprint density at radius 3 is 2.56 bits per heavy atom. The normalized spacial score (nSPS) is 28.8. The molecule has 1 fully saturated rings. The van der Waals surface area contributed by atoms with Crippen molar-refractivity contribution in [3.63, 3.8) is 0 Å². The van der Waals surface area contributed by atoms with Crippen molar-refractivity contribution in [2.24, 2.45) is 11.8 Å². The van der Waals surface area contributed by atoms with Crippen LogP contribution in [0.2, 0.25) is 0 Å². The molecule has 1 aliphatic carbocycles. The zero-order valence-corrected chi connectivity index (χ0v) is 12.5. The molecule has 0 aliphatic heterocycles. The molecule has 0 spiro atoms. The van der Waals surface area contributed by atoms with Crippen LogP contribution in [0.1, 0.15) is 51.9 Å². The summed E-state index contributed by atoms with van der Waals surface area (Å²) in [6.07, 6.45) is 6.11. The zero-order chi connectivity index (χ0) is 11.3. The second-order valence-electron chi connectivity index (χ2n) is 4.66. The topological polar surface area (TPSA) is 57.5 Å². The van der Waals surface area contributed by atoms with Gasteiger partial charge in [-0.3, -0.25) is 4.79 Å². The van der Waals surface area contributed by atoms with Gasteiger partial charge in [-0.15, -0.1) is 0 Å². The molecule has 1 rings (SSSR count). The number of carbonyl (C=O) groups is 1. The van der Waals surface area contributed by atoms with Crippen molar-refractivity contribution < 1.29 is 15.0 Å². The summed E-state index contributed by atoms with van der Waals surface area (Å²) in [5.41, 5.74) is 0. The van der Waals surface area contributed by atoms with Crippen LogP contribution in [0.25, 0.3) is 0 Å². The van der Waals surface area contributed by atoms with Crippen LogP contribution in [0.4, 0.5) is 0 Å². The molecule has 1 saturated carbocycles. The minimum Gasteiger partial charge on any atom is -0.481 e. The molecular weight excluding hydrogens is 215 g/mol. The average molecular weight is 237 g/mol. The minimum atomic E-state index is -0.727. The van der Waals surface area contributed by atoms with E-state index in [0.29, 0.717) is 0 Å². The van der Waals surface area contributed by atoms with Crippen molar-refractivity contribution in [2.45, 2.75) is 58.0 Å². The largest absolute Gasteiger partial charge is 0.481 e. The molecule has 0 aromatic carbocycles. The summed E-state index contributed by atoms with van der Waals surface area (Å²) < 4.78 is 0. The number of hydrogen-bond acceptors (Lipinski definition) is 2. The van der Waals surface area contributed by atoms with E-state index in [4.69, 9.17) is 5.11 Å². The average Bonchev–Trinajstić information content (AvgIpc) is 2.49. The molecule has 16 heavy (non-hydrogen) atoms. The Morgan fingerprint density at radius 2 is 2.00 bits per heavy atom. The first kappa shape index (κ1) is 16.4. The van der Waals surface area contributed by atoms with E-state index < -0.39 is 5.97 Å². The number of hydrogen-bond donors (Lipinski definition) is 2. The van der Waals surface area contributed by atoms with Gasteiger partial charge in [0.25, 0.3) is 0 Å². The van der Waals surface area contributed by atoms with E-state index >= 15 is 0 Å². The second kappa shape index (κ2) is 8.51. The molecule has 0 heterocycles. The van der Waals surface area contributed by atoms with Crippen molar-refractivity contribution in [1.82, 2.24) is 0 Å². The van der Waals surface area contributed by atoms with E-state index in [1.54, 1.807) is 0 Å². The predicted octanol–water partition coefficient (Wildman–Crippen LogP) is 2.05. The summed E-state index contributed by atoms with van der Waals surface area (Å²) in [6, 6.07) is 0. The van der Waals surface area contributed by atoms with Crippen molar-refractivity contribution in [2.75, 3.05) is 0 Å². The summed E-state index contributed by atoms with van der Waals surface area (Å²) >= 11 is 0. The molecule has 0 bridgehead atoms. The summed E-state index contributed by atoms with van der Waals surface area (Å²) in [5.74, 6) is -0.295. The number of carboxylic acid groups (broad SMARTS) is 1. The third-order valence-corrected chi connectivity index (χ3v) is 3.51. The third kappa shape index (κ3) is 5.17. The van der Waals surface area contributed by atoms with Gasteiger partial charge in [-0.1, -0.05) is 26.2 Å². The van der Waals surface area contributed by atoms with Crippen molar-refractivity contribution in [1.29, 1.82) is 0 Å². The molecule has 89 valence electrons. The van der Waals surface area contributed by atoms with Gasteiger partial charge in [0.2, 0.25) is 0 Å². The molecule has 0 saturated heterocycles. The summed E-state index contributed by atoms with van der Waals surface area (Å²) in [6.45, 7) is 2.15. The molecule has 0 amide bonds. The maximum Gasteiger partial charge on any atom is 0.303 e. The van der Waals surface area contributed by atoms with E-state index in [1.807, 2.05) is 0 Å². The fourth-order valence-electron chi connectivity index (χ4n) is 2.66. The van der Waals surface area contributed by atoms with Gasteiger partial charge < -0.3 is 10.2 Å². The molecule has 4 heteroatoms. The first-order valence-corrected chi connectivity index (χ1v) is 6.05. The van der Waals surface area contributed by atoms with Gasteiger partial charge in [-0.05, 0) is 31.1 Å². The summed E-state index contributed by atoms with van der Waals surface area (Å²) in [7, 11) is 0. The third-order valence-electron chi connectivity index (χ3n) is 3.51. The molecule has 1 aliphatic rings. The number of aliphatic hydroxyl groups excluding tert-OH is 1. The van der Waals surface area contributed by atoms with Crippen LogP contribution in [-0.4, -0.2) is 51.8 Å². The SMILES string of the molecule is CCCCCC1C(O)CCC1CC(=O)O.[Na]. The van der Waals surface area contributed by atoms with Crippen LogP contribution in [-0.2, 0) is 4.79 Å². The Bertz CT molecular complexity index is 208. The van der Waals surface area contributed by atoms with E-state index in [0.717, 1.165) is 25.7 Å². The van der Waals surface area contributed by atoms with E-state index in [1.165, 1.54) is 12.8 Å². The molecule has 1 radical (unpaired) electrons. The molecule has 2 N–H and O–H groups in total. The Balaban J connectivity index is 0.00000225. The molecule has 3 atom stereocenters. The minimum absolute atomic E-state index is 0. The maximum atomic E-state index is 10.7. The van der Waals surface area contributed by atoms with Gasteiger partial charge in [-0.2, -0.15) is 0 Å². The van der Waals surface area contributed by atoms with Crippen LogP contribution in [0.15, 0.2) is 0 Å². The summed E-state index contributed by atoms with van der Waals surface area (Å²) in [4.78, 5) is 10.7. The van der Waals surface area contributed by atoms with Crippen LogP contribution >= 0.6 is 0 Å². The van der Waals surface area contributed by atoms with Crippen LogP contribution < -0.4 is 0 Å². The molecule has 0 aromatic rings. The van der Waals surface area contributed by atoms with Gasteiger partial charge in [0.1, 0.15) is 0 Å². The Kier molecular flexibility index (Phi) is 8.74. The maximum absolute atomic E-state index is 10.7. The number of aliphatic carboxylic acids is 1. The molecule has 0 aromatic heterocycles. The van der Waals surface area contributed by atoms with Gasteiger partial charge in [-0.25, -0.2) is 0 Å². The van der Waals surface area contributed by atoms with Crippen LogP contribution in [0, 0.1) is 11.8 Å². The van der Waals surface area contributed by atoms with Crippen molar-refractivity contribution >= 4 is 35.5 Å². The van der Waals surface area contributed by atoms with Crippen molar-refractivity contribution in [3.05, 3.63) is 0 Å². The zero-order valence-electron chi connectivity index (χ0n) is 10.5. The monoisotopic (exact) mass is 237 g/mol.